The Labute approximate surface area is 122 Å². The molecule has 0 saturated heterocycles. The van der Waals surface area contributed by atoms with Gasteiger partial charge >= 0.3 is 6.18 Å². The van der Waals surface area contributed by atoms with Crippen molar-refractivity contribution in [2.45, 2.75) is 25.8 Å². The summed E-state index contributed by atoms with van der Waals surface area (Å²) in [5.41, 5.74) is 6.36. The maximum Gasteiger partial charge on any atom is 0.402 e. The molecule has 0 saturated carbocycles. The highest BCUT2D eigenvalue weighted by Crippen LogP contribution is 2.22. The van der Waals surface area contributed by atoms with Gasteiger partial charge in [-0.15, -0.1) is 0 Å². The van der Waals surface area contributed by atoms with Gasteiger partial charge in [0.1, 0.15) is 6.54 Å². The molecule has 21 heavy (non-hydrogen) atoms. The van der Waals surface area contributed by atoms with Crippen LogP contribution in [0.5, 0.6) is 0 Å². The average Bonchev–Trinajstić information content (AvgIpc) is 2.28. The van der Waals surface area contributed by atoms with Crippen molar-refractivity contribution in [2.24, 2.45) is 5.92 Å². The Kier molecular flexibility index (Phi) is 5.63. The molecule has 8 heteroatoms. The first kappa shape index (κ1) is 17.8. The number of nitrogens with two attached hydrogens (primary N) is 1. The van der Waals surface area contributed by atoms with Crippen molar-refractivity contribution in [2.75, 3.05) is 18.8 Å². The average molecular weight is 324 g/mol. The summed E-state index contributed by atoms with van der Waals surface area (Å²) in [4.78, 5) is 0. The van der Waals surface area contributed by atoms with E-state index in [0.717, 1.165) is 0 Å². The smallest absolute Gasteiger partial charge is 0.399 e. The fraction of sp³-hybridized carbons (Fsp3) is 0.538. The molecular formula is C13H19F3N2O2S. The van der Waals surface area contributed by atoms with Crippen LogP contribution < -0.4 is 5.73 Å². The van der Waals surface area contributed by atoms with Crippen LogP contribution in [-0.2, 0) is 15.8 Å². The van der Waals surface area contributed by atoms with Crippen molar-refractivity contribution < 1.29 is 21.6 Å². The lowest BCUT2D eigenvalue weighted by molar-refractivity contribution is -0.136. The van der Waals surface area contributed by atoms with E-state index < -0.39 is 28.5 Å². The Morgan fingerprint density at radius 3 is 2.14 bits per heavy atom. The van der Waals surface area contributed by atoms with Crippen LogP contribution in [0.3, 0.4) is 0 Å². The van der Waals surface area contributed by atoms with Crippen molar-refractivity contribution >= 4 is 15.7 Å². The van der Waals surface area contributed by atoms with Gasteiger partial charge in [-0.05, 0) is 23.6 Å². The van der Waals surface area contributed by atoms with Crippen LogP contribution in [-0.4, -0.2) is 32.0 Å². The molecule has 1 rings (SSSR count). The van der Waals surface area contributed by atoms with Crippen LogP contribution in [0, 0.1) is 5.92 Å². The highest BCUT2D eigenvalue weighted by molar-refractivity contribution is 7.88. The molecule has 0 heterocycles. The molecule has 0 aliphatic carbocycles. The molecule has 0 bridgehead atoms. The van der Waals surface area contributed by atoms with Crippen molar-refractivity contribution in [3.05, 3.63) is 29.8 Å². The van der Waals surface area contributed by atoms with Gasteiger partial charge in [0.05, 0.1) is 5.75 Å². The number of rotatable bonds is 6. The zero-order chi connectivity index (χ0) is 16.3. The van der Waals surface area contributed by atoms with Crippen LogP contribution in [0.15, 0.2) is 24.3 Å². The highest BCUT2D eigenvalue weighted by Gasteiger charge is 2.36. The SMILES string of the molecule is CC(C)CN(CC(F)(F)F)S(=O)(=O)Cc1ccc(N)cc1. The number of hydrogen-bond donors (Lipinski definition) is 1. The second-order valence-corrected chi connectivity index (χ2v) is 7.27. The number of sulfonamides is 1. The van der Waals surface area contributed by atoms with E-state index in [4.69, 9.17) is 5.73 Å². The predicted octanol–water partition coefficient (Wildman–Crippen LogP) is 2.62. The normalized spacial score (nSPS) is 13.1. The number of anilines is 1. The van der Waals surface area contributed by atoms with E-state index in [0.29, 0.717) is 15.6 Å². The summed E-state index contributed by atoms with van der Waals surface area (Å²) in [6.07, 6.45) is -4.57. The lowest BCUT2D eigenvalue weighted by Gasteiger charge is -2.25. The van der Waals surface area contributed by atoms with Crippen LogP contribution in [0.25, 0.3) is 0 Å². The zero-order valence-corrected chi connectivity index (χ0v) is 12.7. The molecule has 120 valence electrons. The first-order valence-corrected chi connectivity index (χ1v) is 7.99. The van der Waals surface area contributed by atoms with Crippen molar-refractivity contribution in [1.82, 2.24) is 4.31 Å². The van der Waals surface area contributed by atoms with Crippen LogP contribution in [0.1, 0.15) is 19.4 Å². The second kappa shape index (κ2) is 6.65. The highest BCUT2D eigenvalue weighted by atomic mass is 32.2. The molecule has 4 nitrogen and oxygen atoms in total. The van der Waals surface area contributed by atoms with E-state index in [2.05, 4.69) is 0 Å². The van der Waals surface area contributed by atoms with Crippen LogP contribution in [0.2, 0.25) is 0 Å². The molecule has 1 aromatic rings. The molecule has 1 aromatic carbocycles. The summed E-state index contributed by atoms with van der Waals surface area (Å²) < 4.78 is 62.5. The molecule has 0 radical (unpaired) electrons. The Balaban J connectivity index is 2.95. The Hall–Kier alpha value is -1.28. The molecule has 0 aliphatic rings. The summed E-state index contributed by atoms with van der Waals surface area (Å²) in [6.45, 7) is 1.70. The van der Waals surface area contributed by atoms with Gasteiger partial charge < -0.3 is 5.73 Å². The summed E-state index contributed by atoms with van der Waals surface area (Å²) in [6, 6.07) is 6.02. The van der Waals surface area contributed by atoms with E-state index in [-0.39, 0.29) is 12.5 Å². The maximum absolute atomic E-state index is 12.6. The van der Waals surface area contributed by atoms with Gasteiger partial charge in [-0.25, -0.2) is 8.42 Å². The van der Waals surface area contributed by atoms with Crippen molar-refractivity contribution in [3.8, 4) is 0 Å². The number of benzene rings is 1. The molecule has 0 atom stereocenters. The zero-order valence-electron chi connectivity index (χ0n) is 11.9. The van der Waals surface area contributed by atoms with E-state index in [9.17, 15) is 21.6 Å². The van der Waals surface area contributed by atoms with E-state index >= 15 is 0 Å². The monoisotopic (exact) mass is 324 g/mol. The number of nitrogen functional groups attached to an aromatic ring is 1. The summed E-state index contributed by atoms with van der Waals surface area (Å²) in [5.74, 6) is -0.677. The minimum Gasteiger partial charge on any atom is -0.399 e. The standard InChI is InChI=1S/C13H19F3N2O2S/c1-10(2)7-18(9-13(14,15)16)21(19,20)8-11-3-5-12(17)6-4-11/h3-6,10H,7-9,17H2,1-2H3. The number of halogens is 3. The van der Waals surface area contributed by atoms with Gasteiger partial charge in [-0.2, -0.15) is 17.5 Å². The largest absolute Gasteiger partial charge is 0.402 e. The van der Waals surface area contributed by atoms with Gasteiger partial charge in [0.15, 0.2) is 0 Å². The van der Waals surface area contributed by atoms with Gasteiger partial charge in [0.2, 0.25) is 10.0 Å². The Morgan fingerprint density at radius 1 is 1.19 bits per heavy atom. The van der Waals surface area contributed by atoms with Gasteiger partial charge in [-0.3, -0.25) is 0 Å². The third-order valence-corrected chi connectivity index (χ3v) is 4.41. The lowest BCUT2D eigenvalue weighted by atomic mass is 10.2. The Morgan fingerprint density at radius 2 is 1.71 bits per heavy atom. The van der Waals surface area contributed by atoms with Crippen LogP contribution >= 0.6 is 0 Å². The first-order valence-electron chi connectivity index (χ1n) is 6.38. The lowest BCUT2D eigenvalue weighted by Crippen LogP contribution is -2.41. The molecule has 0 spiro atoms. The molecule has 0 aliphatic heterocycles. The summed E-state index contributed by atoms with van der Waals surface area (Å²) in [7, 11) is -4.04. The number of hydrogen-bond acceptors (Lipinski definition) is 3. The topological polar surface area (TPSA) is 63.4 Å². The van der Waals surface area contributed by atoms with Crippen molar-refractivity contribution in [1.29, 1.82) is 0 Å². The molecule has 0 amide bonds. The molecule has 0 fully saturated rings. The maximum atomic E-state index is 12.6. The van der Waals surface area contributed by atoms with E-state index in [1.807, 2.05) is 0 Å². The third-order valence-electron chi connectivity index (χ3n) is 2.65. The van der Waals surface area contributed by atoms with E-state index in [1.54, 1.807) is 13.8 Å². The molecule has 2 N–H and O–H groups in total. The number of alkyl halides is 3. The number of nitrogens with zero attached hydrogens (tertiary/aromatic N) is 1. The molecule has 0 unspecified atom stereocenters. The minimum atomic E-state index is -4.57. The van der Waals surface area contributed by atoms with Crippen molar-refractivity contribution in [3.63, 3.8) is 0 Å². The Bertz CT molecular complexity index is 554. The van der Waals surface area contributed by atoms with Gasteiger partial charge in [0, 0.05) is 12.2 Å². The second-order valence-electron chi connectivity index (χ2n) is 5.30. The summed E-state index contributed by atoms with van der Waals surface area (Å²) in [5, 5.41) is 0. The van der Waals surface area contributed by atoms with Gasteiger partial charge in [-0.1, -0.05) is 26.0 Å². The molecule has 0 aromatic heterocycles. The molecular weight excluding hydrogens is 305 g/mol. The first-order chi connectivity index (χ1) is 9.49. The van der Waals surface area contributed by atoms with Gasteiger partial charge in [0.25, 0.3) is 0 Å². The van der Waals surface area contributed by atoms with Crippen LogP contribution in [0.4, 0.5) is 18.9 Å². The summed E-state index contributed by atoms with van der Waals surface area (Å²) >= 11 is 0. The minimum absolute atomic E-state index is 0.170. The predicted molar refractivity (Wildman–Crippen MR) is 75.9 cm³/mol. The fourth-order valence-electron chi connectivity index (χ4n) is 1.80. The fourth-order valence-corrected chi connectivity index (χ4v) is 3.46. The van der Waals surface area contributed by atoms with E-state index in [1.165, 1.54) is 24.3 Å². The quantitative estimate of drug-likeness (QED) is 0.818. The third kappa shape index (κ3) is 6.34.